The van der Waals surface area contributed by atoms with Crippen molar-refractivity contribution >= 4 is 5.78 Å². The first-order chi connectivity index (χ1) is 11.6. The first-order valence-electron chi connectivity index (χ1n) is 7.86. The molecule has 0 saturated carbocycles. The molecule has 0 radical (unpaired) electrons. The van der Waals surface area contributed by atoms with E-state index in [1.807, 2.05) is 55.5 Å². The van der Waals surface area contributed by atoms with Crippen molar-refractivity contribution in [2.45, 2.75) is 13.3 Å². The molecule has 4 heteroatoms. The topological polar surface area (TPSA) is 47.6 Å². The molecule has 0 saturated heterocycles. The van der Waals surface area contributed by atoms with E-state index in [0.717, 1.165) is 35.7 Å². The Bertz CT molecular complexity index is 708. The SMILES string of the molecule is COc1ccc(CCN/C(C)=C\C(=O)c2ccccc2)cc1OC. The van der Waals surface area contributed by atoms with Gasteiger partial charge in [-0.1, -0.05) is 36.4 Å². The van der Waals surface area contributed by atoms with Gasteiger partial charge in [0.15, 0.2) is 17.3 Å². The molecule has 0 heterocycles. The first-order valence-corrected chi connectivity index (χ1v) is 7.86. The number of rotatable bonds is 8. The molecule has 0 unspecified atom stereocenters. The van der Waals surface area contributed by atoms with Crippen LogP contribution in [-0.4, -0.2) is 26.5 Å². The molecule has 0 spiro atoms. The van der Waals surface area contributed by atoms with Crippen LogP contribution in [-0.2, 0) is 6.42 Å². The number of carbonyl (C=O) groups excluding carboxylic acids is 1. The second kappa shape index (κ2) is 8.77. The molecule has 2 aromatic carbocycles. The quantitative estimate of drug-likeness (QED) is 0.595. The van der Waals surface area contributed by atoms with Gasteiger partial charge in [0, 0.05) is 23.9 Å². The Morgan fingerprint density at radius 1 is 1.04 bits per heavy atom. The van der Waals surface area contributed by atoms with E-state index in [2.05, 4.69) is 5.32 Å². The van der Waals surface area contributed by atoms with Gasteiger partial charge in [0.2, 0.25) is 0 Å². The predicted molar refractivity (Wildman–Crippen MR) is 95.8 cm³/mol. The van der Waals surface area contributed by atoms with Gasteiger partial charge in [0.1, 0.15) is 0 Å². The van der Waals surface area contributed by atoms with Gasteiger partial charge in [-0.25, -0.2) is 0 Å². The Morgan fingerprint density at radius 2 is 1.75 bits per heavy atom. The van der Waals surface area contributed by atoms with Gasteiger partial charge in [-0.2, -0.15) is 0 Å². The third-order valence-electron chi connectivity index (χ3n) is 3.67. The third-order valence-corrected chi connectivity index (χ3v) is 3.67. The number of nitrogens with one attached hydrogen (secondary N) is 1. The van der Waals surface area contributed by atoms with Crippen molar-refractivity contribution < 1.29 is 14.3 Å². The Hall–Kier alpha value is -2.75. The summed E-state index contributed by atoms with van der Waals surface area (Å²) < 4.78 is 10.5. The molecule has 0 amide bonds. The monoisotopic (exact) mass is 325 g/mol. The number of benzene rings is 2. The van der Waals surface area contributed by atoms with Crippen LogP contribution in [0.3, 0.4) is 0 Å². The number of carbonyl (C=O) groups is 1. The number of ketones is 1. The normalized spacial score (nSPS) is 11.0. The number of hydrogen-bond acceptors (Lipinski definition) is 4. The first kappa shape index (κ1) is 17.6. The zero-order valence-electron chi connectivity index (χ0n) is 14.3. The van der Waals surface area contributed by atoms with Gasteiger partial charge in [0.05, 0.1) is 14.2 Å². The third kappa shape index (κ3) is 4.88. The summed E-state index contributed by atoms with van der Waals surface area (Å²) >= 11 is 0. The maximum absolute atomic E-state index is 12.1. The van der Waals surface area contributed by atoms with Crippen LogP contribution in [0.25, 0.3) is 0 Å². The standard InChI is InChI=1S/C20H23NO3/c1-15(13-18(22)17-7-5-4-6-8-17)21-12-11-16-9-10-19(23-2)20(14-16)24-3/h4-10,13-14,21H,11-12H2,1-3H3/b15-13-. The van der Waals surface area contributed by atoms with Crippen molar-refractivity contribution in [2.75, 3.05) is 20.8 Å². The summed E-state index contributed by atoms with van der Waals surface area (Å²) in [5.74, 6) is 1.45. The molecular formula is C20H23NO3. The van der Waals surface area contributed by atoms with Gasteiger partial charge in [0.25, 0.3) is 0 Å². The van der Waals surface area contributed by atoms with Gasteiger partial charge in [-0.05, 0) is 31.0 Å². The fourth-order valence-electron chi connectivity index (χ4n) is 2.37. The highest BCUT2D eigenvalue weighted by atomic mass is 16.5. The van der Waals surface area contributed by atoms with E-state index < -0.39 is 0 Å². The number of hydrogen-bond donors (Lipinski definition) is 1. The Balaban J connectivity index is 1.89. The minimum Gasteiger partial charge on any atom is -0.493 e. The molecule has 0 aliphatic heterocycles. The molecule has 0 aliphatic rings. The molecule has 0 bridgehead atoms. The highest BCUT2D eigenvalue weighted by Gasteiger charge is 2.05. The molecular weight excluding hydrogens is 302 g/mol. The summed E-state index contributed by atoms with van der Waals surface area (Å²) in [6.07, 6.45) is 2.45. The van der Waals surface area contributed by atoms with Crippen LogP contribution >= 0.6 is 0 Å². The van der Waals surface area contributed by atoms with E-state index in [0.29, 0.717) is 5.56 Å². The van der Waals surface area contributed by atoms with Gasteiger partial charge in [-0.3, -0.25) is 4.79 Å². The number of allylic oxidation sites excluding steroid dienone is 2. The molecule has 0 aromatic heterocycles. The van der Waals surface area contributed by atoms with E-state index in [-0.39, 0.29) is 5.78 Å². The van der Waals surface area contributed by atoms with Crippen LogP contribution in [0, 0.1) is 0 Å². The summed E-state index contributed by atoms with van der Waals surface area (Å²) in [5, 5.41) is 3.27. The highest BCUT2D eigenvalue weighted by Crippen LogP contribution is 2.27. The average molecular weight is 325 g/mol. The molecule has 2 aromatic rings. The molecule has 2 rings (SSSR count). The average Bonchev–Trinajstić information content (AvgIpc) is 2.62. The molecule has 0 atom stereocenters. The summed E-state index contributed by atoms with van der Waals surface area (Å²) in [4.78, 5) is 12.1. The van der Waals surface area contributed by atoms with Gasteiger partial charge in [-0.15, -0.1) is 0 Å². The van der Waals surface area contributed by atoms with E-state index in [9.17, 15) is 4.79 Å². The fourth-order valence-corrected chi connectivity index (χ4v) is 2.37. The molecule has 4 nitrogen and oxygen atoms in total. The molecule has 126 valence electrons. The Kier molecular flexibility index (Phi) is 6.43. The van der Waals surface area contributed by atoms with E-state index in [1.54, 1.807) is 20.3 Å². The zero-order chi connectivity index (χ0) is 17.4. The van der Waals surface area contributed by atoms with Crippen LogP contribution in [0.2, 0.25) is 0 Å². The van der Waals surface area contributed by atoms with Crippen LogP contribution in [0.1, 0.15) is 22.8 Å². The van der Waals surface area contributed by atoms with Crippen molar-refractivity contribution in [1.82, 2.24) is 5.32 Å². The largest absolute Gasteiger partial charge is 0.493 e. The number of methoxy groups -OCH3 is 2. The second-order valence-corrected chi connectivity index (χ2v) is 5.42. The smallest absolute Gasteiger partial charge is 0.187 e. The summed E-state index contributed by atoms with van der Waals surface area (Å²) in [6, 6.07) is 15.1. The van der Waals surface area contributed by atoms with E-state index >= 15 is 0 Å². The van der Waals surface area contributed by atoms with Crippen LogP contribution in [0.4, 0.5) is 0 Å². The highest BCUT2D eigenvalue weighted by molar-refractivity contribution is 6.04. The lowest BCUT2D eigenvalue weighted by Gasteiger charge is -2.10. The van der Waals surface area contributed by atoms with Crippen molar-refractivity contribution in [3.8, 4) is 11.5 Å². The lowest BCUT2D eigenvalue weighted by molar-refractivity contribution is 0.104. The van der Waals surface area contributed by atoms with E-state index in [1.165, 1.54) is 0 Å². The maximum atomic E-state index is 12.1. The van der Waals surface area contributed by atoms with Gasteiger partial charge < -0.3 is 14.8 Å². The molecule has 24 heavy (non-hydrogen) atoms. The van der Waals surface area contributed by atoms with E-state index in [4.69, 9.17) is 9.47 Å². The van der Waals surface area contributed by atoms with Crippen molar-refractivity contribution in [1.29, 1.82) is 0 Å². The Morgan fingerprint density at radius 3 is 2.42 bits per heavy atom. The second-order valence-electron chi connectivity index (χ2n) is 5.42. The lowest BCUT2D eigenvalue weighted by Crippen LogP contribution is -2.16. The van der Waals surface area contributed by atoms with Crippen molar-refractivity contribution in [2.24, 2.45) is 0 Å². The molecule has 0 aliphatic carbocycles. The van der Waals surface area contributed by atoms with Crippen molar-refractivity contribution in [3.05, 3.63) is 71.4 Å². The lowest BCUT2D eigenvalue weighted by atomic mass is 10.1. The minimum absolute atomic E-state index is 0.00622. The number of ether oxygens (including phenoxy) is 2. The Labute approximate surface area is 143 Å². The zero-order valence-corrected chi connectivity index (χ0v) is 14.3. The maximum Gasteiger partial charge on any atom is 0.187 e. The minimum atomic E-state index is 0.00622. The van der Waals surface area contributed by atoms with Crippen LogP contribution < -0.4 is 14.8 Å². The molecule has 0 fully saturated rings. The van der Waals surface area contributed by atoms with Crippen molar-refractivity contribution in [3.63, 3.8) is 0 Å². The van der Waals surface area contributed by atoms with Crippen LogP contribution in [0.15, 0.2) is 60.3 Å². The predicted octanol–water partition coefficient (Wildman–Crippen LogP) is 3.62. The fraction of sp³-hybridized carbons (Fsp3) is 0.250. The summed E-state index contributed by atoms with van der Waals surface area (Å²) in [6.45, 7) is 2.63. The molecule has 1 N–H and O–H groups in total. The summed E-state index contributed by atoms with van der Waals surface area (Å²) in [5.41, 5.74) is 2.69. The van der Waals surface area contributed by atoms with Gasteiger partial charge >= 0.3 is 0 Å². The van der Waals surface area contributed by atoms with Crippen LogP contribution in [0.5, 0.6) is 11.5 Å². The summed E-state index contributed by atoms with van der Waals surface area (Å²) in [7, 11) is 3.25.